The zero-order valence-corrected chi connectivity index (χ0v) is 10.4. The first-order chi connectivity index (χ1) is 8.13. The van der Waals surface area contributed by atoms with E-state index in [1.54, 1.807) is 18.2 Å². The Kier molecular flexibility index (Phi) is 3.81. The van der Waals surface area contributed by atoms with Gasteiger partial charge in [-0.2, -0.15) is 0 Å². The van der Waals surface area contributed by atoms with Crippen molar-refractivity contribution < 1.29 is 13.5 Å². The third-order valence-electron chi connectivity index (χ3n) is 3.11. The molecule has 1 aromatic rings. The molecule has 0 spiro atoms. The molecule has 2 rings (SSSR count). The SMILES string of the molecule is O=S(=O)(NC1CCCC1)c1ccccc1CO. The molecule has 17 heavy (non-hydrogen) atoms. The van der Waals surface area contributed by atoms with Crippen LogP contribution >= 0.6 is 0 Å². The molecule has 0 amide bonds. The molecule has 1 fully saturated rings. The lowest BCUT2D eigenvalue weighted by Gasteiger charge is -2.14. The zero-order chi connectivity index (χ0) is 12.3. The highest BCUT2D eigenvalue weighted by Crippen LogP contribution is 2.21. The van der Waals surface area contributed by atoms with Gasteiger partial charge in [0.05, 0.1) is 11.5 Å². The summed E-state index contributed by atoms with van der Waals surface area (Å²) in [4.78, 5) is 0.189. The van der Waals surface area contributed by atoms with E-state index in [1.165, 1.54) is 6.07 Å². The second kappa shape index (κ2) is 5.16. The molecule has 0 unspecified atom stereocenters. The van der Waals surface area contributed by atoms with E-state index in [4.69, 9.17) is 5.11 Å². The third-order valence-corrected chi connectivity index (χ3v) is 4.73. The average molecular weight is 255 g/mol. The summed E-state index contributed by atoms with van der Waals surface area (Å²) in [7, 11) is -3.50. The Bertz CT molecular complexity index is 478. The number of sulfonamides is 1. The Morgan fingerprint density at radius 1 is 1.24 bits per heavy atom. The van der Waals surface area contributed by atoms with E-state index >= 15 is 0 Å². The van der Waals surface area contributed by atoms with Gasteiger partial charge in [0, 0.05) is 6.04 Å². The number of nitrogens with one attached hydrogen (secondary N) is 1. The Balaban J connectivity index is 2.24. The van der Waals surface area contributed by atoms with Crippen LogP contribution in [0.4, 0.5) is 0 Å². The van der Waals surface area contributed by atoms with Crippen LogP contribution in [0.15, 0.2) is 29.2 Å². The van der Waals surface area contributed by atoms with E-state index in [-0.39, 0.29) is 17.5 Å². The minimum atomic E-state index is -3.50. The van der Waals surface area contributed by atoms with E-state index in [0.717, 1.165) is 25.7 Å². The van der Waals surface area contributed by atoms with Gasteiger partial charge in [-0.3, -0.25) is 0 Å². The smallest absolute Gasteiger partial charge is 0.241 e. The summed E-state index contributed by atoms with van der Waals surface area (Å²) in [6.07, 6.45) is 3.96. The normalized spacial score (nSPS) is 17.5. The minimum Gasteiger partial charge on any atom is -0.392 e. The van der Waals surface area contributed by atoms with E-state index in [0.29, 0.717) is 5.56 Å². The van der Waals surface area contributed by atoms with E-state index in [2.05, 4.69) is 4.72 Å². The highest BCUT2D eigenvalue weighted by molar-refractivity contribution is 7.89. The lowest BCUT2D eigenvalue weighted by molar-refractivity contribution is 0.278. The van der Waals surface area contributed by atoms with Gasteiger partial charge in [-0.25, -0.2) is 13.1 Å². The van der Waals surface area contributed by atoms with Gasteiger partial charge in [-0.15, -0.1) is 0 Å². The van der Waals surface area contributed by atoms with Crippen molar-refractivity contribution >= 4 is 10.0 Å². The monoisotopic (exact) mass is 255 g/mol. The summed E-state index contributed by atoms with van der Waals surface area (Å²) in [6, 6.07) is 6.60. The van der Waals surface area contributed by atoms with Gasteiger partial charge in [-0.1, -0.05) is 31.0 Å². The summed E-state index contributed by atoms with van der Waals surface area (Å²) >= 11 is 0. The van der Waals surface area contributed by atoms with Crippen molar-refractivity contribution in [3.8, 4) is 0 Å². The van der Waals surface area contributed by atoms with Gasteiger partial charge >= 0.3 is 0 Å². The largest absolute Gasteiger partial charge is 0.392 e. The van der Waals surface area contributed by atoms with Gasteiger partial charge < -0.3 is 5.11 Å². The van der Waals surface area contributed by atoms with Crippen LogP contribution in [0, 0.1) is 0 Å². The van der Waals surface area contributed by atoms with Crippen LogP contribution in [0.1, 0.15) is 31.2 Å². The summed E-state index contributed by atoms with van der Waals surface area (Å²) in [5.41, 5.74) is 0.443. The molecule has 5 heteroatoms. The summed E-state index contributed by atoms with van der Waals surface area (Å²) in [5.74, 6) is 0. The molecule has 4 nitrogen and oxygen atoms in total. The minimum absolute atomic E-state index is 0.0479. The second-order valence-electron chi connectivity index (χ2n) is 4.37. The molecule has 0 saturated heterocycles. The Hall–Kier alpha value is -0.910. The number of aliphatic hydroxyl groups excluding tert-OH is 1. The Morgan fingerprint density at radius 3 is 2.53 bits per heavy atom. The number of rotatable bonds is 4. The van der Waals surface area contributed by atoms with Gasteiger partial charge in [0.15, 0.2) is 0 Å². The maximum atomic E-state index is 12.1. The highest BCUT2D eigenvalue weighted by Gasteiger charge is 2.24. The molecule has 1 aromatic carbocycles. The van der Waals surface area contributed by atoms with Crippen LogP contribution in [0.5, 0.6) is 0 Å². The molecule has 2 N–H and O–H groups in total. The first-order valence-corrected chi connectivity index (χ1v) is 7.33. The fourth-order valence-corrected chi connectivity index (χ4v) is 3.76. The average Bonchev–Trinajstić information content (AvgIpc) is 2.81. The molecule has 1 saturated carbocycles. The topological polar surface area (TPSA) is 66.4 Å². The molecule has 1 aliphatic rings. The molecule has 94 valence electrons. The van der Waals surface area contributed by atoms with E-state index < -0.39 is 10.0 Å². The van der Waals surface area contributed by atoms with Crippen LogP contribution in [0.2, 0.25) is 0 Å². The van der Waals surface area contributed by atoms with Crippen LogP contribution in [0.3, 0.4) is 0 Å². The van der Waals surface area contributed by atoms with Crippen molar-refractivity contribution in [1.82, 2.24) is 4.72 Å². The van der Waals surface area contributed by atoms with Crippen molar-refractivity contribution in [1.29, 1.82) is 0 Å². The fourth-order valence-electron chi connectivity index (χ4n) is 2.22. The summed E-state index contributed by atoms with van der Waals surface area (Å²) in [5, 5.41) is 9.15. The number of hydrogen-bond donors (Lipinski definition) is 2. The van der Waals surface area contributed by atoms with Crippen LogP contribution in [-0.2, 0) is 16.6 Å². The van der Waals surface area contributed by atoms with Crippen molar-refractivity contribution in [3.05, 3.63) is 29.8 Å². The molecule has 0 heterocycles. The van der Waals surface area contributed by atoms with E-state index in [9.17, 15) is 8.42 Å². The van der Waals surface area contributed by atoms with Gasteiger partial charge in [0.1, 0.15) is 0 Å². The maximum absolute atomic E-state index is 12.1. The first kappa shape index (κ1) is 12.5. The molecule has 1 aliphatic carbocycles. The maximum Gasteiger partial charge on any atom is 0.241 e. The van der Waals surface area contributed by atoms with Crippen LogP contribution in [0.25, 0.3) is 0 Å². The number of aliphatic hydroxyl groups is 1. The predicted octanol–water partition coefficient (Wildman–Crippen LogP) is 1.40. The summed E-state index contributed by atoms with van der Waals surface area (Å²) in [6.45, 7) is -0.262. The number of benzene rings is 1. The molecule has 0 aliphatic heterocycles. The van der Waals surface area contributed by atoms with Crippen molar-refractivity contribution in [2.45, 2.75) is 43.2 Å². The van der Waals surface area contributed by atoms with Crippen LogP contribution < -0.4 is 4.72 Å². The van der Waals surface area contributed by atoms with Gasteiger partial charge in [-0.05, 0) is 24.5 Å². The Morgan fingerprint density at radius 2 is 1.88 bits per heavy atom. The molecular weight excluding hydrogens is 238 g/mol. The third kappa shape index (κ3) is 2.86. The highest BCUT2D eigenvalue weighted by atomic mass is 32.2. The molecular formula is C12H17NO3S. The van der Waals surface area contributed by atoms with Crippen molar-refractivity contribution in [2.75, 3.05) is 0 Å². The second-order valence-corrected chi connectivity index (χ2v) is 6.05. The predicted molar refractivity (Wildman–Crippen MR) is 64.9 cm³/mol. The van der Waals surface area contributed by atoms with Gasteiger partial charge in [0.25, 0.3) is 0 Å². The standard InChI is InChI=1S/C12H17NO3S/c14-9-10-5-1-4-8-12(10)17(15,16)13-11-6-2-3-7-11/h1,4-5,8,11,13-14H,2-3,6-7,9H2. The molecule has 0 aromatic heterocycles. The van der Waals surface area contributed by atoms with Crippen molar-refractivity contribution in [3.63, 3.8) is 0 Å². The summed E-state index contributed by atoms with van der Waals surface area (Å²) < 4.78 is 27.0. The zero-order valence-electron chi connectivity index (χ0n) is 9.59. The van der Waals surface area contributed by atoms with Crippen LogP contribution in [-0.4, -0.2) is 19.6 Å². The van der Waals surface area contributed by atoms with Crippen molar-refractivity contribution in [2.24, 2.45) is 0 Å². The molecule has 0 radical (unpaired) electrons. The lowest BCUT2D eigenvalue weighted by Crippen LogP contribution is -2.33. The van der Waals surface area contributed by atoms with E-state index in [1.807, 2.05) is 0 Å². The fraction of sp³-hybridized carbons (Fsp3) is 0.500. The molecule has 0 bridgehead atoms. The Labute approximate surface area is 102 Å². The quantitative estimate of drug-likeness (QED) is 0.854. The van der Waals surface area contributed by atoms with Gasteiger partial charge in [0.2, 0.25) is 10.0 Å². The lowest BCUT2D eigenvalue weighted by atomic mass is 10.2. The molecule has 0 atom stereocenters. The number of hydrogen-bond acceptors (Lipinski definition) is 3. The first-order valence-electron chi connectivity index (χ1n) is 5.84.